The van der Waals surface area contributed by atoms with E-state index >= 15 is 0 Å². The van der Waals surface area contributed by atoms with Gasteiger partial charge in [0.05, 0.1) is 0 Å². The summed E-state index contributed by atoms with van der Waals surface area (Å²) in [6.07, 6.45) is 0.688. The number of hydrogen-bond acceptors (Lipinski definition) is 3. The van der Waals surface area contributed by atoms with E-state index in [2.05, 4.69) is 12.2 Å². The molecule has 1 atom stereocenters. The van der Waals surface area contributed by atoms with E-state index in [0.29, 0.717) is 6.42 Å². The van der Waals surface area contributed by atoms with Gasteiger partial charge in [0.15, 0.2) is 0 Å². The molecule has 3 heteroatoms. The average molecular weight is 257 g/mol. The van der Waals surface area contributed by atoms with E-state index in [0.717, 1.165) is 16.8 Å². The minimum absolute atomic E-state index is 0.171. The van der Waals surface area contributed by atoms with Crippen molar-refractivity contribution >= 4 is 5.69 Å². The second kappa shape index (κ2) is 6.25. The molecule has 0 radical (unpaired) electrons. The summed E-state index contributed by atoms with van der Waals surface area (Å²) in [5, 5.41) is 21.5. The van der Waals surface area contributed by atoms with Gasteiger partial charge in [0.25, 0.3) is 0 Å². The minimum Gasteiger partial charge on any atom is -0.508 e. The summed E-state index contributed by atoms with van der Waals surface area (Å²) in [5.41, 5.74) is 3.30. The van der Waals surface area contributed by atoms with Gasteiger partial charge in [-0.3, -0.25) is 0 Å². The van der Waals surface area contributed by atoms with Gasteiger partial charge in [0, 0.05) is 18.3 Å². The number of benzene rings is 2. The van der Waals surface area contributed by atoms with Crippen molar-refractivity contribution in [1.82, 2.24) is 0 Å². The predicted molar refractivity (Wildman–Crippen MR) is 77.4 cm³/mol. The summed E-state index contributed by atoms with van der Waals surface area (Å²) in [6, 6.07) is 15.4. The molecule has 2 aromatic rings. The van der Waals surface area contributed by atoms with E-state index in [1.807, 2.05) is 36.4 Å². The summed E-state index contributed by atoms with van der Waals surface area (Å²) in [7, 11) is 0. The highest BCUT2D eigenvalue weighted by molar-refractivity contribution is 5.47. The van der Waals surface area contributed by atoms with Crippen molar-refractivity contribution in [2.24, 2.45) is 0 Å². The third-order valence-electron chi connectivity index (χ3n) is 3.13. The Bertz CT molecular complexity index is 505. The highest BCUT2D eigenvalue weighted by Gasteiger charge is 2.05. The van der Waals surface area contributed by atoms with Gasteiger partial charge in [-0.05, 0) is 48.7 Å². The average Bonchev–Trinajstić information content (AvgIpc) is 2.42. The first-order valence-corrected chi connectivity index (χ1v) is 6.44. The fourth-order valence-electron chi connectivity index (χ4n) is 1.99. The zero-order valence-electron chi connectivity index (χ0n) is 11.0. The number of phenols is 1. The summed E-state index contributed by atoms with van der Waals surface area (Å²) in [6.45, 7) is 2.25. The number of aliphatic hydroxyl groups excluding tert-OH is 1. The predicted octanol–water partition coefficient (Wildman–Crippen LogP) is 3.10. The van der Waals surface area contributed by atoms with Crippen molar-refractivity contribution < 1.29 is 10.2 Å². The first-order chi connectivity index (χ1) is 9.19. The molecule has 0 bridgehead atoms. The van der Waals surface area contributed by atoms with Crippen LogP contribution in [0.15, 0.2) is 48.5 Å². The Balaban J connectivity index is 2.01. The molecule has 3 nitrogen and oxygen atoms in total. The van der Waals surface area contributed by atoms with Crippen molar-refractivity contribution in [3.63, 3.8) is 0 Å². The molecule has 1 unspecified atom stereocenters. The van der Waals surface area contributed by atoms with Crippen molar-refractivity contribution in [2.45, 2.75) is 19.4 Å². The second-order valence-corrected chi connectivity index (χ2v) is 4.63. The third-order valence-corrected chi connectivity index (χ3v) is 3.13. The largest absolute Gasteiger partial charge is 0.508 e. The monoisotopic (exact) mass is 257 g/mol. The van der Waals surface area contributed by atoms with Crippen molar-refractivity contribution in [2.75, 3.05) is 11.9 Å². The number of anilines is 1. The number of nitrogens with one attached hydrogen (secondary N) is 1. The molecule has 0 aliphatic carbocycles. The van der Waals surface area contributed by atoms with Gasteiger partial charge in [-0.2, -0.15) is 0 Å². The lowest BCUT2D eigenvalue weighted by atomic mass is 10.1. The van der Waals surface area contributed by atoms with E-state index in [-0.39, 0.29) is 18.4 Å². The highest BCUT2D eigenvalue weighted by Crippen LogP contribution is 2.21. The SMILES string of the molecule is CC(Nc1ccc(CCO)cc1)c1ccc(O)cc1. The number of rotatable bonds is 5. The van der Waals surface area contributed by atoms with Crippen LogP contribution in [-0.4, -0.2) is 16.8 Å². The molecule has 0 aliphatic heterocycles. The zero-order valence-corrected chi connectivity index (χ0v) is 11.0. The molecule has 0 saturated heterocycles. The van der Waals surface area contributed by atoms with E-state index < -0.39 is 0 Å². The van der Waals surface area contributed by atoms with Crippen LogP contribution < -0.4 is 5.32 Å². The van der Waals surface area contributed by atoms with Crippen LogP contribution in [0.1, 0.15) is 24.1 Å². The van der Waals surface area contributed by atoms with Gasteiger partial charge >= 0.3 is 0 Å². The lowest BCUT2D eigenvalue weighted by Gasteiger charge is -2.16. The van der Waals surface area contributed by atoms with E-state index in [4.69, 9.17) is 5.11 Å². The van der Waals surface area contributed by atoms with Crippen molar-refractivity contribution in [3.05, 3.63) is 59.7 Å². The lowest BCUT2D eigenvalue weighted by Crippen LogP contribution is -2.06. The van der Waals surface area contributed by atoms with Crippen LogP contribution in [0.3, 0.4) is 0 Å². The molecule has 19 heavy (non-hydrogen) atoms. The van der Waals surface area contributed by atoms with Gasteiger partial charge in [-0.25, -0.2) is 0 Å². The van der Waals surface area contributed by atoms with E-state index in [1.54, 1.807) is 12.1 Å². The number of aliphatic hydroxyl groups is 1. The molecule has 2 rings (SSSR count). The molecule has 0 aliphatic rings. The Labute approximate surface area is 113 Å². The first kappa shape index (κ1) is 13.4. The second-order valence-electron chi connectivity index (χ2n) is 4.63. The summed E-state index contributed by atoms with van der Waals surface area (Å²) < 4.78 is 0. The van der Waals surface area contributed by atoms with E-state index in [9.17, 15) is 5.11 Å². The molecule has 100 valence electrons. The molecule has 3 N–H and O–H groups in total. The normalized spacial score (nSPS) is 12.1. The Hall–Kier alpha value is -2.00. The minimum atomic E-state index is 0.171. The van der Waals surface area contributed by atoms with Gasteiger partial charge in [0.2, 0.25) is 0 Å². The summed E-state index contributed by atoms with van der Waals surface area (Å²) in [4.78, 5) is 0. The maximum Gasteiger partial charge on any atom is 0.115 e. The van der Waals surface area contributed by atoms with Crippen LogP contribution in [-0.2, 0) is 6.42 Å². The molecule has 0 spiro atoms. The number of phenolic OH excluding ortho intramolecular Hbond substituents is 1. The smallest absolute Gasteiger partial charge is 0.115 e. The number of hydrogen-bond donors (Lipinski definition) is 3. The van der Waals surface area contributed by atoms with Crippen LogP contribution in [0.25, 0.3) is 0 Å². The van der Waals surface area contributed by atoms with Crippen LogP contribution >= 0.6 is 0 Å². The maximum atomic E-state index is 9.27. The Kier molecular flexibility index (Phi) is 4.42. The lowest BCUT2D eigenvalue weighted by molar-refractivity contribution is 0.299. The molecular weight excluding hydrogens is 238 g/mol. The van der Waals surface area contributed by atoms with E-state index in [1.165, 1.54) is 0 Å². The fourth-order valence-corrected chi connectivity index (χ4v) is 1.99. The van der Waals surface area contributed by atoms with Crippen LogP contribution in [0.4, 0.5) is 5.69 Å². The summed E-state index contributed by atoms with van der Waals surface area (Å²) >= 11 is 0. The molecule has 0 aromatic heterocycles. The van der Waals surface area contributed by atoms with Gasteiger partial charge in [-0.15, -0.1) is 0 Å². The Morgan fingerprint density at radius 1 is 1.00 bits per heavy atom. The molecule has 0 heterocycles. The van der Waals surface area contributed by atoms with Gasteiger partial charge in [-0.1, -0.05) is 24.3 Å². The van der Waals surface area contributed by atoms with Crippen LogP contribution in [0.2, 0.25) is 0 Å². The standard InChI is InChI=1S/C16H19NO2/c1-12(14-4-8-16(19)9-5-14)17-15-6-2-13(3-7-15)10-11-18/h2-9,12,17-19H,10-11H2,1H3. The Morgan fingerprint density at radius 2 is 1.63 bits per heavy atom. The van der Waals surface area contributed by atoms with Crippen molar-refractivity contribution in [3.8, 4) is 5.75 Å². The topological polar surface area (TPSA) is 52.5 Å². The van der Waals surface area contributed by atoms with Crippen LogP contribution in [0.5, 0.6) is 5.75 Å². The van der Waals surface area contributed by atoms with Crippen LogP contribution in [0, 0.1) is 0 Å². The van der Waals surface area contributed by atoms with Gasteiger partial charge < -0.3 is 15.5 Å². The molecule has 2 aromatic carbocycles. The maximum absolute atomic E-state index is 9.27. The molecular formula is C16H19NO2. The molecule has 0 saturated carbocycles. The molecule has 0 amide bonds. The quantitative estimate of drug-likeness (QED) is 0.771. The van der Waals surface area contributed by atoms with Crippen molar-refractivity contribution in [1.29, 1.82) is 0 Å². The van der Waals surface area contributed by atoms with Gasteiger partial charge in [0.1, 0.15) is 5.75 Å². The Morgan fingerprint density at radius 3 is 2.21 bits per heavy atom. The fraction of sp³-hybridized carbons (Fsp3) is 0.250. The third kappa shape index (κ3) is 3.73. The first-order valence-electron chi connectivity index (χ1n) is 6.44. The number of aromatic hydroxyl groups is 1. The highest BCUT2D eigenvalue weighted by atomic mass is 16.3. The summed E-state index contributed by atoms with van der Waals surface area (Å²) in [5.74, 6) is 0.282. The zero-order chi connectivity index (χ0) is 13.7. The molecule has 0 fully saturated rings.